The van der Waals surface area contributed by atoms with E-state index in [2.05, 4.69) is 5.10 Å². The van der Waals surface area contributed by atoms with Crippen LogP contribution in [0.15, 0.2) is 60.8 Å². The molecule has 0 aliphatic rings. The lowest BCUT2D eigenvalue weighted by molar-refractivity contribution is 0.0828. The quantitative estimate of drug-likeness (QED) is 0.732. The van der Waals surface area contributed by atoms with Crippen LogP contribution in [0.4, 0.5) is 0 Å². The average molecular weight is 326 g/mol. The predicted octanol–water partition coefficient (Wildman–Crippen LogP) is 3.89. The maximum Gasteiger partial charge on any atom is 0.257 e. The lowest BCUT2D eigenvalue weighted by Crippen LogP contribution is -2.21. The van der Waals surface area contributed by atoms with Gasteiger partial charge in [0.1, 0.15) is 5.69 Å². The van der Waals surface area contributed by atoms with Gasteiger partial charge in [-0.25, -0.2) is 4.68 Å². The molecule has 0 fully saturated rings. The van der Waals surface area contributed by atoms with Crippen LogP contribution in [0.5, 0.6) is 0 Å². The number of carbonyl (C=O) groups is 1. The molecule has 0 saturated carbocycles. The van der Waals surface area contributed by atoms with Crippen molar-refractivity contribution in [3.63, 3.8) is 0 Å². The molecule has 3 aromatic rings. The normalized spacial score (nSPS) is 10.6. The van der Waals surface area contributed by atoms with Crippen LogP contribution in [0.2, 0.25) is 5.02 Å². The number of para-hydroxylation sites is 1. The second kappa shape index (κ2) is 6.26. The summed E-state index contributed by atoms with van der Waals surface area (Å²) in [6.07, 6.45) is 1.77. The van der Waals surface area contributed by atoms with Crippen molar-refractivity contribution in [3.05, 3.63) is 71.4 Å². The highest BCUT2D eigenvalue weighted by Crippen LogP contribution is 2.26. The monoisotopic (exact) mass is 325 g/mol. The Morgan fingerprint density at radius 1 is 1.04 bits per heavy atom. The predicted molar refractivity (Wildman–Crippen MR) is 92.0 cm³/mol. The zero-order valence-corrected chi connectivity index (χ0v) is 13.7. The van der Waals surface area contributed by atoms with Crippen molar-refractivity contribution in [3.8, 4) is 16.9 Å². The average Bonchev–Trinajstić information content (AvgIpc) is 3.00. The lowest BCUT2D eigenvalue weighted by Gasteiger charge is -2.09. The van der Waals surface area contributed by atoms with Crippen molar-refractivity contribution in [2.45, 2.75) is 0 Å². The number of hydrogen-bond acceptors (Lipinski definition) is 2. The molecule has 0 radical (unpaired) electrons. The summed E-state index contributed by atoms with van der Waals surface area (Å²) in [5.74, 6) is -0.0860. The molecule has 0 spiro atoms. The van der Waals surface area contributed by atoms with E-state index in [9.17, 15) is 4.79 Å². The highest BCUT2D eigenvalue weighted by atomic mass is 35.5. The Bertz CT molecular complexity index is 823. The first-order chi connectivity index (χ1) is 11.1. The lowest BCUT2D eigenvalue weighted by atomic mass is 10.1. The fraction of sp³-hybridized carbons (Fsp3) is 0.111. The van der Waals surface area contributed by atoms with Gasteiger partial charge >= 0.3 is 0 Å². The third kappa shape index (κ3) is 3.12. The van der Waals surface area contributed by atoms with Gasteiger partial charge in [0.2, 0.25) is 0 Å². The van der Waals surface area contributed by atoms with Gasteiger partial charge in [-0.3, -0.25) is 4.79 Å². The van der Waals surface area contributed by atoms with Gasteiger partial charge < -0.3 is 4.90 Å². The number of carbonyl (C=O) groups excluding carboxylic acids is 1. The van der Waals surface area contributed by atoms with Crippen molar-refractivity contribution in [1.82, 2.24) is 14.7 Å². The summed E-state index contributed by atoms with van der Waals surface area (Å²) in [5, 5.41) is 5.26. The summed E-state index contributed by atoms with van der Waals surface area (Å²) in [6, 6.07) is 17.0. The van der Waals surface area contributed by atoms with Crippen LogP contribution in [0.25, 0.3) is 16.9 Å². The number of benzene rings is 2. The largest absolute Gasteiger partial charge is 0.345 e. The minimum atomic E-state index is -0.0860. The van der Waals surface area contributed by atoms with Crippen molar-refractivity contribution in [2.75, 3.05) is 14.1 Å². The molecule has 1 aromatic heterocycles. The molecular weight excluding hydrogens is 310 g/mol. The Labute approximate surface area is 139 Å². The van der Waals surface area contributed by atoms with Crippen molar-refractivity contribution in [1.29, 1.82) is 0 Å². The first-order valence-corrected chi connectivity index (χ1v) is 7.57. The summed E-state index contributed by atoms with van der Waals surface area (Å²) in [7, 11) is 3.46. The second-order valence-corrected chi connectivity index (χ2v) is 5.81. The minimum Gasteiger partial charge on any atom is -0.345 e. The van der Waals surface area contributed by atoms with Gasteiger partial charge in [0.25, 0.3) is 5.91 Å². The standard InChI is InChI=1S/C18H16ClN3O/c1-21(2)18(23)16-12-22(15-6-4-3-5-7-15)20-17(16)13-8-10-14(19)11-9-13/h3-12H,1-2H3. The van der Waals surface area contributed by atoms with Gasteiger partial charge in [-0.2, -0.15) is 5.10 Å². The Morgan fingerprint density at radius 2 is 1.70 bits per heavy atom. The summed E-state index contributed by atoms with van der Waals surface area (Å²) in [4.78, 5) is 14.0. The third-order valence-electron chi connectivity index (χ3n) is 3.49. The number of nitrogens with zero attached hydrogens (tertiary/aromatic N) is 3. The number of hydrogen-bond donors (Lipinski definition) is 0. The van der Waals surface area contributed by atoms with Gasteiger partial charge in [0, 0.05) is 30.9 Å². The maximum absolute atomic E-state index is 12.5. The summed E-state index contributed by atoms with van der Waals surface area (Å²) >= 11 is 5.95. The molecule has 0 saturated heterocycles. The van der Waals surface area contributed by atoms with Gasteiger partial charge in [0.15, 0.2) is 0 Å². The number of rotatable bonds is 3. The molecule has 0 unspecified atom stereocenters. The van der Waals surface area contributed by atoms with E-state index in [4.69, 9.17) is 11.6 Å². The highest BCUT2D eigenvalue weighted by molar-refractivity contribution is 6.30. The molecule has 1 heterocycles. The van der Waals surface area contributed by atoms with E-state index in [1.54, 1.807) is 42.0 Å². The van der Waals surface area contributed by atoms with Crippen molar-refractivity contribution < 1.29 is 4.79 Å². The van der Waals surface area contributed by atoms with Gasteiger partial charge in [-0.15, -0.1) is 0 Å². The highest BCUT2D eigenvalue weighted by Gasteiger charge is 2.19. The zero-order chi connectivity index (χ0) is 16.4. The number of aromatic nitrogens is 2. The van der Waals surface area contributed by atoms with E-state index >= 15 is 0 Å². The van der Waals surface area contributed by atoms with Crippen LogP contribution in [0.1, 0.15) is 10.4 Å². The molecule has 0 bridgehead atoms. The van der Waals surface area contributed by atoms with Gasteiger partial charge in [-0.05, 0) is 24.3 Å². The molecule has 116 valence electrons. The van der Waals surface area contributed by atoms with E-state index in [-0.39, 0.29) is 5.91 Å². The molecule has 2 aromatic carbocycles. The van der Waals surface area contributed by atoms with Gasteiger partial charge in [-0.1, -0.05) is 41.9 Å². The summed E-state index contributed by atoms with van der Waals surface area (Å²) in [6.45, 7) is 0. The number of amides is 1. The molecule has 4 nitrogen and oxygen atoms in total. The molecule has 0 aliphatic heterocycles. The molecule has 1 amide bonds. The Morgan fingerprint density at radius 3 is 2.30 bits per heavy atom. The van der Waals surface area contributed by atoms with Crippen LogP contribution in [0, 0.1) is 0 Å². The van der Waals surface area contributed by atoms with E-state index in [0.29, 0.717) is 16.3 Å². The van der Waals surface area contributed by atoms with Crippen LogP contribution in [-0.2, 0) is 0 Å². The van der Waals surface area contributed by atoms with Crippen LogP contribution < -0.4 is 0 Å². The molecule has 5 heteroatoms. The molecule has 0 atom stereocenters. The zero-order valence-electron chi connectivity index (χ0n) is 12.9. The van der Waals surface area contributed by atoms with Crippen LogP contribution in [0.3, 0.4) is 0 Å². The third-order valence-corrected chi connectivity index (χ3v) is 3.74. The second-order valence-electron chi connectivity index (χ2n) is 5.38. The Kier molecular flexibility index (Phi) is 4.17. The van der Waals surface area contributed by atoms with Gasteiger partial charge in [0.05, 0.1) is 11.3 Å². The fourth-order valence-corrected chi connectivity index (χ4v) is 2.43. The van der Waals surface area contributed by atoms with Crippen LogP contribution in [-0.4, -0.2) is 34.7 Å². The Hall–Kier alpha value is -2.59. The molecule has 23 heavy (non-hydrogen) atoms. The summed E-state index contributed by atoms with van der Waals surface area (Å²) < 4.78 is 1.72. The first-order valence-electron chi connectivity index (χ1n) is 7.19. The molecule has 3 rings (SSSR count). The molecule has 0 N–H and O–H groups in total. The summed E-state index contributed by atoms with van der Waals surface area (Å²) in [5.41, 5.74) is 2.96. The van der Waals surface area contributed by atoms with Crippen molar-refractivity contribution in [2.24, 2.45) is 0 Å². The maximum atomic E-state index is 12.5. The molecule has 0 aliphatic carbocycles. The molecular formula is C18H16ClN3O. The SMILES string of the molecule is CN(C)C(=O)c1cn(-c2ccccc2)nc1-c1ccc(Cl)cc1. The van der Waals surface area contributed by atoms with E-state index < -0.39 is 0 Å². The topological polar surface area (TPSA) is 38.1 Å². The minimum absolute atomic E-state index is 0.0860. The van der Waals surface area contributed by atoms with Crippen LogP contribution >= 0.6 is 11.6 Å². The Balaban J connectivity index is 2.14. The van der Waals surface area contributed by atoms with E-state index in [0.717, 1.165) is 11.3 Å². The smallest absolute Gasteiger partial charge is 0.257 e. The first kappa shape index (κ1) is 15.3. The van der Waals surface area contributed by atoms with Crippen molar-refractivity contribution >= 4 is 17.5 Å². The van der Waals surface area contributed by atoms with E-state index in [1.807, 2.05) is 42.5 Å². The number of halogens is 1. The fourth-order valence-electron chi connectivity index (χ4n) is 2.31. The van der Waals surface area contributed by atoms with E-state index in [1.165, 1.54) is 0 Å².